The van der Waals surface area contributed by atoms with Crippen molar-refractivity contribution in [2.75, 3.05) is 10.6 Å². The average Bonchev–Trinajstić information content (AvgIpc) is 3.34. The third-order valence-electron chi connectivity index (χ3n) is 3.74. The van der Waals surface area contributed by atoms with Gasteiger partial charge in [-0.25, -0.2) is 9.37 Å². The van der Waals surface area contributed by atoms with E-state index in [4.69, 9.17) is 0 Å². The maximum absolute atomic E-state index is 13.3. The van der Waals surface area contributed by atoms with Crippen LogP contribution in [0.3, 0.4) is 0 Å². The van der Waals surface area contributed by atoms with E-state index < -0.39 is 0 Å². The Labute approximate surface area is 163 Å². The molecular weight excluding hydrogens is 381 g/mol. The van der Waals surface area contributed by atoms with Gasteiger partial charge >= 0.3 is 0 Å². The Morgan fingerprint density at radius 1 is 0.963 bits per heavy atom. The third kappa shape index (κ3) is 4.21. The van der Waals surface area contributed by atoms with E-state index in [9.17, 15) is 9.18 Å². The Hall–Kier alpha value is -3.03. The molecule has 4 aromatic rings. The van der Waals surface area contributed by atoms with Crippen molar-refractivity contribution in [3.05, 3.63) is 82.1 Å². The molecule has 0 spiro atoms. The summed E-state index contributed by atoms with van der Waals surface area (Å²) in [5.74, 6) is -0.431. The standard InChI is InChI=1S/C20H14FN3OS2/c21-14-5-2-7-16(11-14)23-20-24-17(12-27-20)13-4-1-6-15(10-13)22-19(25)18-8-3-9-26-18/h1-12H,(H,22,25)(H,23,24). The van der Waals surface area contributed by atoms with Gasteiger partial charge in [0.25, 0.3) is 5.91 Å². The van der Waals surface area contributed by atoms with Gasteiger partial charge in [-0.2, -0.15) is 0 Å². The zero-order valence-corrected chi connectivity index (χ0v) is 15.6. The molecule has 0 fully saturated rings. The SMILES string of the molecule is O=C(Nc1cccc(-c2csc(Nc3cccc(F)c3)n2)c1)c1cccs1. The lowest BCUT2D eigenvalue weighted by molar-refractivity contribution is 0.103. The first-order valence-corrected chi connectivity index (χ1v) is 9.87. The Bertz CT molecular complexity index is 1080. The summed E-state index contributed by atoms with van der Waals surface area (Å²) >= 11 is 2.83. The van der Waals surface area contributed by atoms with Gasteiger partial charge in [0.1, 0.15) is 5.82 Å². The number of thiophene rings is 1. The lowest BCUT2D eigenvalue weighted by Crippen LogP contribution is -2.09. The zero-order chi connectivity index (χ0) is 18.6. The summed E-state index contributed by atoms with van der Waals surface area (Å²) in [5.41, 5.74) is 3.03. The number of carbonyl (C=O) groups is 1. The smallest absolute Gasteiger partial charge is 0.265 e. The van der Waals surface area contributed by atoms with E-state index in [1.54, 1.807) is 18.2 Å². The van der Waals surface area contributed by atoms with Crippen molar-refractivity contribution in [2.45, 2.75) is 0 Å². The second-order valence-corrected chi connectivity index (χ2v) is 7.49. The number of halogens is 1. The van der Waals surface area contributed by atoms with Crippen molar-refractivity contribution in [1.29, 1.82) is 0 Å². The molecule has 7 heteroatoms. The number of carbonyl (C=O) groups excluding carboxylic acids is 1. The molecule has 0 atom stereocenters. The van der Waals surface area contributed by atoms with Gasteiger partial charge in [0.05, 0.1) is 10.6 Å². The number of aromatic nitrogens is 1. The van der Waals surface area contributed by atoms with Crippen LogP contribution in [0.15, 0.2) is 71.4 Å². The number of hydrogen-bond acceptors (Lipinski definition) is 5. The number of anilines is 3. The number of hydrogen-bond donors (Lipinski definition) is 2. The molecule has 4 rings (SSSR count). The highest BCUT2D eigenvalue weighted by atomic mass is 32.1. The fourth-order valence-corrected chi connectivity index (χ4v) is 3.87. The van der Waals surface area contributed by atoms with Crippen LogP contribution in [0.25, 0.3) is 11.3 Å². The van der Waals surface area contributed by atoms with Gasteiger partial charge in [0.15, 0.2) is 5.13 Å². The lowest BCUT2D eigenvalue weighted by Gasteiger charge is -2.05. The minimum atomic E-state index is -0.300. The Morgan fingerprint density at radius 3 is 2.63 bits per heavy atom. The molecule has 0 bridgehead atoms. The van der Waals surface area contributed by atoms with E-state index in [1.807, 2.05) is 41.1 Å². The van der Waals surface area contributed by atoms with Crippen LogP contribution in [0.5, 0.6) is 0 Å². The third-order valence-corrected chi connectivity index (χ3v) is 5.37. The molecule has 0 aliphatic rings. The maximum Gasteiger partial charge on any atom is 0.265 e. The molecule has 2 N–H and O–H groups in total. The van der Waals surface area contributed by atoms with Gasteiger partial charge in [0.2, 0.25) is 0 Å². The number of nitrogens with zero attached hydrogens (tertiary/aromatic N) is 1. The Morgan fingerprint density at radius 2 is 1.81 bits per heavy atom. The normalized spacial score (nSPS) is 10.6. The van der Waals surface area contributed by atoms with Crippen LogP contribution in [0.1, 0.15) is 9.67 Å². The summed E-state index contributed by atoms with van der Waals surface area (Å²) in [5, 5.41) is 10.5. The van der Waals surface area contributed by atoms with E-state index in [1.165, 1.54) is 34.8 Å². The van der Waals surface area contributed by atoms with Crippen LogP contribution in [0.2, 0.25) is 0 Å². The number of nitrogens with one attached hydrogen (secondary N) is 2. The first kappa shape index (κ1) is 17.4. The van der Waals surface area contributed by atoms with E-state index in [-0.39, 0.29) is 11.7 Å². The van der Waals surface area contributed by atoms with Crippen LogP contribution < -0.4 is 10.6 Å². The number of benzene rings is 2. The molecule has 0 radical (unpaired) electrons. The molecule has 1 amide bonds. The van der Waals surface area contributed by atoms with Gasteiger partial charge < -0.3 is 10.6 Å². The fourth-order valence-electron chi connectivity index (χ4n) is 2.51. The van der Waals surface area contributed by atoms with E-state index in [0.717, 1.165) is 11.3 Å². The summed E-state index contributed by atoms with van der Waals surface area (Å²) in [7, 11) is 0. The highest BCUT2D eigenvalue weighted by Gasteiger charge is 2.09. The van der Waals surface area contributed by atoms with Gasteiger partial charge in [-0.1, -0.05) is 24.3 Å². The van der Waals surface area contributed by atoms with Gasteiger partial charge in [-0.15, -0.1) is 22.7 Å². The van der Waals surface area contributed by atoms with Crippen molar-refractivity contribution in [3.63, 3.8) is 0 Å². The molecule has 2 heterocycles. The van der Waals surface area contributed by atoms with Gasteiger partial charge in [0, 0.05) is 22.3 Å². The fraction of sp³-hybridized carbons (Fsp3) is 0. The van der Waals surface area contributed by atoms with Crippen LogP contribution in [0.4, 0.5) is 20.9 Å². The first-order chi connectivity index (χ1) is 13.2. The lowest BCUT2D eigenvalue weighted by atomic mass is 10.1. The first-order valence-electron chi connectivity index (χ1n) is 8.11. The average molecular weight is 395 g/mol. The molecule has 0 aliphatic carbocycles. The van der Waals surface area contributed by atoms with Crippen LogP contribution in [0, 0.1) is 5.82 Å². The summed E-state index contributed by atoms with van der Waals surface area (Å²) < 4.78 is 13.3. The van der Waals surface area contributed by atoms with E-state index >= 15 is 0 Å². The summed E-state index contributed by atoms with van der Waals surface area (Å²) in [6, 6.07) is 17.4. The van der Waals surface area contributed by atoms with Gasteiger partial charge in [-0.05, 0) is 41.8 Å². The highest BCUT2D eigenvalue weighted by molar-refractivity contribution is 7.14. The Kier molecular flexibility index (Phi) is 4.95. The van der Waals surface area contributed by atoms with Crippen LogP contribution in [-0.2, 0) is 0 Å². The molecule has 2 aromatic heterocycles. The van der Waals surface area contributed by atoms with Crippen LogP contribution in [-0.4, -0.2) is 10.9 Å². The van der Waals surface area contributed by atoms with Crippen molar-refractivity contribution < 1.29 is 9.18 Å². The molecule has 0 saturated heterocycles. The molecule has 0 saturated carbocycles. The quantitative estimate of drug-likeness (QED) is 0.435. The highest BCUT2D eigenvalue weighted by Crippen LogP contribution is 2.29. The second-order valence-electron chi connectivity index (χ2n) is 5.69. The predicted octanol–water partition coefficient (Wildman–Crippen LogP) is 6.01. The van der Waals surface area contributed by atoms with Crippen molar-refractivity contribution in [3.8, 4) is 11.3 Å². The van der Waals surface area contributed by atoms with E-state index in [0.29, 0.717) is 21.4 Å². The molecular formula is C20H14FN3OS2. The van der Waals surface area contributed by atoms with Crippen molar-refractivity contribution >= 4 is 45.1 Å². The minimum absolute atomic E-state index is 0.131. The zero-order valence-electron chi connectivity index (χ0n) is 14.0. The molecule has 134 valence electrons. The predicted molar refractivity (Wildman–Crippen MR) is 110 cm³/mol. The van der Waals surface area contributed by atoms with Gasteiger partial charge in [-0.3, -0.25) is 4.79 Å². The van der Waals surface area contributed by atoms with Crippen molar-refractivity contribution in [1.82, 2.24) is 4.98 Å². The molecule has 2 aromatic carbocycles. The minimum Gasteiger partial charge on any atom is -0.331 e. The number of rotatable bonds is 5. The summed E-state index contributed by atoms with van der Waals surface area (Å²) in [6.07, 6.45) is 0. The topological polar surface area (TPSA) is 54.0 Å². The maximum atomic E-state index is 13.3. The van der Waals surface area contributed by atoms with Crippen molar-refractivity contribution in [2.24, 2.45) is 0 Å². The number of amides is 1. The number of thiazole rings is 1. The largest absolute Gasteiger partial charge is 0.331 e. The van der Waals surface area contributed by atoms with E-state index in [2.05, 4.69) is 15.6 Å². The second kappa shape index (κ2) is 7.69. The monoisotopic (exact) mass is 395 g/mol. The summed E-state index contributed by atoms with van der Waals surface area (Å²) in [6.45, 7) is 0. The summed E-state index contributed by atoms with van der Waals surface area (Å²) in [4.78, 5) is 17.4. The van der Waals surface area contributed by atoms with Crippen LogP contribution >= 0.6 is 22.7 Å². The Balaban J connectivity index is 1.50. The molecule has 0 aliphatic heterocycles. The molecule has 4 nitrogen and oxygen atoms in total. The molecule has 27 heavy (non-hydrogen) atoms. The molecule has 0 unspecified atom stereocenters.